The Hall–Kier alpha value is -1.03. The zero-order chi connectivity index (χ0) is 7.11. The van der Waals surface area contributed by atoms with E-state index in [-0.39, 0.29) is 5.96 Å². The maximum atomic E-state index is 6.73. The summed E-state index contributed by atoms with van der Waals surface area (Å²) in [6.45, 7) is 1.10. The van der Waals surface area contributed by atoms with E-state index in [1.54, 1.807) is 6.08 Å². The Morgan fingerprint density at radius 3 is 2.67 bits per heavy atom. The summed E-state index contributed by atoms with van der Waals surface area (Å²) >= 11 is 0. The molecule has 0 heterocycles. The van der Waals surface area contributed by atoms with E-state index in [0.717, 1.165) is 0 Å². The van der Waals surface area contributed by atoms with E-state index in [0.29, 0.717) is 13.1 Å². The largest absolute Gasteiger partial charge is 0.370 e. The summed E-state index contributed by atoms with van der Waals surface area (Å²) in [7, 11) is 0. The predicted molar refractivity (Wildman–Crippen MR) is 38.1 cm³/mol. The zero-order valence-electron chi connectivity index (χ0n) is 5.22. The second-order valence-corrected chi connectivity index (χ2v) is 1.50. The van der Waals surface area contributed by atoms with E-state index in [4.69, 9.17) is 16.9 Å². The Kier molecular flexibility index (Phi) is 4.53. The van der Waals surface area contributed by atoms with Crippen LogP contribution in [0.1, 0.15) is 0 Å². The van der Waals surface area contributed by atoms with Gasteiger partial charge in [-0.15, -0.1) is 0 Å². The molecular formula is C5H12N4. The van der Waals surface area contributed by atoms with Gasteiger partial charge in [0, 0.05) is 13.1 Å². The molecule has 0 aromatic heterocycles. The van der Waals surface area contributed by atoms with Gasteiger partial charge < -0.3 is 16.8 Å². The van der Waals surface area contributed by atoms with Crippen LogP contribution in [-0.2, 0) is 0 Å². The highest BCUT2D eigenvalue weighted by Crippen LogP contribution is 1.64. The molecule has 0 fully saturated rings. The zero-order valence-corrected chi connectivity index (χ0v) is 5.22. The molecule has 0 aliphatic heterocycles. The number of nitrogens with one attached hydrogen (secondary N) is 2. The summed E-state index contributed by atoms with van der Waals surface area (Å²) in [4.78, 5) is 0. The monoisotopic (exact) mass is 128 g/mol. The van der Waals surface area contributed by atoms with Gasteiger partial charge in [-0.05, 0) is 0 Å². The van der Waals surface area contributed by atoms with E-state index >= 15 is 0 Å². The minimum absolute atomic E-state index is 0.0170. The van der Waals surface area contributed by atoms with Gasteiger partial charge in [-0.25, -0.2) is 0 Å². The molecule has 0 saturated carbocycles. The first-order chi connectivity index (χ1) is 4.27. The van der Waals surface area contributed by atoms with Crippen LogP contribution in [0, 0.1) is 5.41 Å². The molecule has 0 saturated heterocycles. The summed E-state index contributed by atoms with van der Waals surface area (Å²) < 4.78 is 0. The first-order valence-electron chi connectivity index (χ1n) is 2.70. The van der Waals surface area contributed by atoms with Crippen molar-refractivity contribution in [1.29, 1.82) is 5.41 Å². The first kappa shape index (κ1) is 7.97. The van der Waals surface area contributed by atoms with E-state index in [1.807, 2.05) is 6.08 Å². The van der Waals surface area contributed by atoms with Crippen molar-refractivity contribution in [3.05, 3.63) is 12.2 Å². The topological polar surface area (TPSA) is 87.9 Å². The molecule has 0 aromatic carbocycles. The van der Waals surface area contributed by atoms with Crippen molar-refractivity contribution in [3.63, 3.8) is 0 Å². The van der Waals surface area contributed by atoms with Crippen molar-refractivity contribution in [2.24, 2.45) is 11.5 Å². The normalized spacial score (nSPS) is 9.89. The molecular weight excluding hydrogens is 116 g/mol. The van der Waals surface area contributed by atoms with Gasteiger partial charge >= 0.3 is 0 Å². The van der Waals surface area contributed by atoms with Gasteiger partial charge in [0.05, 0.1) is 0 Å². The van der Waals surface area contributed by atoms with Crippen molar-refractivity contribution >= 4 is 5.96 Å². The van der Waals surface area contributed by atoms with Crippen LogP contribution in [-0.4, -0.2) is 19.0 Å². The van der Waals surface area contributed by atoms with Crippen LogP contribution in [0.25, 0.3) is 0 Å². The van der Waals surface area contributed by atoms with Gasteiger partial charge in [0.25, 0.3) is 0 Å². The minimum Gasteiger partial charge on any atom is -0.370 e. The second-order valence-electron chi connectivity index (χ2n) is 1.50. The van der Waals surface area contributed by atoms with Crippen molar-refractivity contribution in [2.45, 2.75) is 0 Å². The molecule has 0 radical (unpaired) electrons. The summed E-state index contributed by atoms with van der Waals surface area (Å²) in [5.74, 6) is -0.0170. The third kappa shape index (κ3) is 6.97. The highest BCUT2D eigenvalue weighted by atomic mass is 15.0. The Labute approximate surface area is 54.4 Å². The predicted octanol–water partition coefficient (Wildman–Crippen LogP) is -1.02. The lowest BCUT2D eigenvalue weighted by atomic mass is 10.5. The van der Waals surface area contributed by atoms with Gasteiger partial charge in [0.2, 0.25) is 0 Å². The van der Waals surface area contributed by atoms with Crippen LogP contribution in [0.15, 0.2) is 12.2 Å². The summed E-state index contributed by atoms with van der Waals surface area (Å²) in [6.07, 6.45) is 3.62. The Morgan fingerprint density at radius 2 is 2.22 bits per heavy atom. The molecule has 0 unspecified atom stereocenters. The Balaban J connectivity index is 3.09. The lowest BCUT2D eigenvalue weighted by Gasteiger charge is -1.95. The molecule has 0 spiro atoms. The first-order valence-corrected chi connectivity index (χ1v) is 2.70. The number of rotatable bonds is 3. The lowest BCUT2D eigenvalue weighted by molar-refractivity contribution is 1.00. The molecule has 52 valence electrons. The maximum absolute atomic E-state index is 6.73. The van der Waals surface area contributed by atoms with Crippen LogP contribution in [0.4, 0.5) is 0 Å². The molecule has 0 rings (SSSR count). The van der Waals surface area contributed by atoms with E-state index in [2.05, 4.69) is 5.32 Å². The smallest absolute Gasteiger partial charge is 0.185 e. The standard InChI is InChI=1S/C5H12N4/c6-3-1-2-4-9-5(7)8/h1-2H,3-4,6H2,(H4,7,8,9)/b2-1+. The van der Waals surface area contributed by atoms with Crippen LogP contribution in [0.5, 0.6) is 0 Å². The van der Waals surface area contributed by atoms with Crippen molar-refractivity contribution < 1.29 is 0 Å². The maximum Gasteiger partial charge on any atom is 0.185 e. The lowest BCUT2D eigenvalue weighted by Crippen LogP contribution is -2.30. The second kappa shape index (κ2) is 5.11. The van der Waals surface area contributed by atoms with Gasteiger partial charge in [0.15, 0.2) is 5.96 Å². The summed E-state index contributed by atoms with van der Waals surface area (Å²) in [6, 6.07) is 0. The van der Waals surface area contributed by atoms with Gasteiger partial charge in [-0.3, -0.25) is 5.41 Å². The van der Waals surface area contributed by atoms with E-state index in [1.165, 1.54) is 0 Å². The molecule has 4 heteroatoms. The molecule has 0 atom stereocenters. The van der Waals surface area contributed by atoms with Crippen LogP contribution in [0.3, 0.4) is 0 Å². The van der Waals surface area contributed by atoms with E-state index in [9.17, 15) is 0 Å². The van der Waals surface area contributed by atoms with Crippen molar-refractivity contribution in [3.8, 4) is 0 Å². The Bertz CT molecular complexity index is 108. The van der Waals surface area contributed by atoms with Gasteiger partial charge in [-0.2, -0.15) is 0 Å². The average molecular weight is 128 g/mol. The SMILES string of the molecule is N=C(N)NC/C=C/CN. The fraction of sp³-hybridized carbons (Fsp3) is 0.400. The van der Waals surface area contributed by atoms with E-state index < -0.39 is 0 Å². The van der Waals surface area contributed by atoms with Gasteiger partial charge in [-0.1, -0.05) is 12.2 Å². The van der Waals surface area contributed by atoms with Crippen molar-refractivity contribution in [2.75, 3.05) is 13.1 Å². The number of hydrogen-bond donors (Lipinski definition) is 4. The quantitative estimate of drug-likeness (QED) is 0.223. The minimum atomic E-state index is -0.0170. The third-order valence-electron chi connectivity index (χ3n) is 0.713. The molecule has 0 bridgehead atoms. The highest BCUT2D eigenvalue weighted by molar-refractivity contribution is 5.74. The molecule has 0 amide bonds. The van der Waals surface area contributed by atoms with Gasteiger partial charge in [0.1, 0.15) is 0 Å². The number of guanidine groups is 1. The molecule has 4 nitrogen and oxygen atoms in total. The third-order valence-corrected chi connectivity index (χ3v) is 0.713. The van der Waals surface area contributed by atoms with Crippen LogP contribution < -0.4 is 16.8 Å². The fourth-order valence-electron chi connectivity index (χ4n) is 0.348. The molecule has 6 N–H and O–H groups in total. The number of nitrogens with two attached hydrogens (primary N) is 2. The Morgan fingerprint density at radius 1 is 1.56 bits per heavy atom. The highest BCUT2D eigenvalue weighted by Gasteiger charge is 1.78. The molecule has 0 aromatic rings. The number of hydrogen-bond acceptors (Lipinski definition) is 2. The molecule has 0 aliphatic rings. The molecule has 0 aliphatic carbocycles. The summed E-state index contributed by atoms with van der Waals surface area (Å²) in [5.41, 5.74) is 10.1. The molecule has 9 heavy (non-hydrogen) atoms. The average Bonchev–Trinajstić information content (AvgIpc) is 1.80. The fourth-order valence-corrected chi connectivity index (χ4v) is 0.348. The van der Waals surface area contributed by atoms with Crippen LogP contribution >= 0.6 is 0 Å². The summed E-state index contributed by atoms with van der Waals surface area (Å²) in [5, 5.41) is 9.33. The van der Waals surface area contributed by atoms with Crippen molar-refractivity contribution in [1.82, 2.24) is 5.32 Å². The van der Waals surface area contributed by atoms with Crippen LogP contribution in [0.2, 0.25) is 0 Å².